The summed E-state index contributed by atoms with van der Waals surface area (Å²) >= 11 is 0. The molecular weight excluding hydrogens is 349 g/mol. The molecule has 1 saturated carbocycles. The minimum absolute atomic E-state index is 0.371. The molecule has 8 heteroatoms. The Labute approximate surface area is 154 Å². The number of rotatable bonds is 6. The first-order valence-corrected chi connectivity index (χ1v) is 8.50. The molecule has 0 amide bonds. The highest BCUT2D eigenvalue weighted by molar-refractivity contribution is 5.68. The summed E-state index contributed by atoms with van der Waals surface area (Å²) in [5.41, 5.74) is 1.42. The average molecular weight is 365 g/mol. The monoisotopic (exact) mass is 365 g/mol. The van der Waals surface area contributed by atoms with Crippen LogP contribution in [-0.2, 0) is 0 Å². The summed E-state index contributed by atoms with van der Waals surface area (Å²) < 4.78 is 13.6. The van der Waals surface area contributed by atoms with Gasteiger partial charge in [-0.2, -0.15) is 9.37 Å². The molecule has 3 aromatic rings. The highest BCUT2D eigenvalue weighted by Gasteiger charge is 2.22. The van der Waals surface area contributed by atoms with Gasteiger partial charge < -0.3 is 10.6 Å². The SMILES string of the molecule is O=[N+]([O-])c1cc(Nc2cc(-c3ccccc3)nc(NC3CC3)n2)ccc1F. The first kappa shape index (κ1) is 16.9. The van der Waals surface area contributed by atoms with Crippen molar-refractivity contribution in [2.45, 2.75) is 18.9 Å². The molecule has 1 heterocycles. The summed E-state index contributed by atoms with van der Waals surface area (Å²) in [7, 11) is 0. The molecule has 27 heavy (non-hydrogen) atoms. The molecule has 2 aromatic carbocycles. The third kappa shape index (κ3) is 4.00. The lowest BCUT2D eigenvalue weighted by Gasteiger charge is -2.11. The largest absolute Gasteiger partial charge is 0.351 e. The molecule has 7 nitrogen and oxygen atoms in total. The lowest BCUT2D eigenvalue weighted by molar-refractivity contribution is -0.387. The van der Waals surface area contributed by atoms with Crippen molar-refractivity contribution in [3.05, 3.63) is 70.5 Å². The molecule has 0 radical (unpaired) electrons. The van der Waals surface area contributed by atoms with Gasteiger partial charge in [0.05, 0.1) is 10.6 Å². The van der Waals surface area contributed by atoms with E-state index in [1.807, 2.05) is 30.3 Å². The second kappa shape index (κ2) is 6.99. The van der Waals surface area contributed by atoms with Gasteiger partial charge in [0.25, 0.3) is 0 Å². The van der Waals surface area contributed by atoms with E-state index in [-0.39, 0.29) is 0 Å². The fourth-order valence-corrected chi connectivity index (χ4v) is 2.62. The van der Waals surface area contributed by atoms with Crippen LogP contribution in [0, 0.1) is 15.9 Å². The lowest BCUT2D eigenvalue weighted by Crippen LogP contribution is -2.08. The molecular formula is C19H16FN5O2. The summed E-state index contributed by atoms with van der Waals surface area (Å²) in [4.78, 5) is 19.2. The number of aromatic nitrogens is 2. The third-order valence-corrected chi connectivity index (χ3v) is 4.12. The smallest absolute Gasteiger partial charge is 0.306 e. The lowest BCUT2D eigenvalue weighted by atomic mass is 10.1. The van der Waals surface area contributed by atoms with Gasteiger partial charge in [-0.05, 0) is 25.0 Å². The van der Waals surface area contributed by atoms with E-state index in [9.17, 15) is 14.5 Å². The van der Waals surface area contributed by atoms with Gasteiger partial charge in [-0.3, -0.25) is 10.1 Å². The summed E-state index contributed by atoms with van der Waals surface area (Å²) in [5.74, 6) is 0.0696. The molecule has 1 fully saturated rings. The van der Waals surface area contributed by atoms with Gasteiger partial charge in [0, 0.05) is 29.4 Å². The van der Waals surface area contributed by atoms with Gasteiger partial charge in [0.15, 0.2) is 0 Å². The number of nitrogens with zero attached hydrogens (tertiary/aromatic N) is 3. The van der Waals surface area contributed by atoms with Crippen LogP contribution in [-0.4, -0.2) is 20.9 Å². The fourth-order valence-electron chi connectivity index (χ4n) is 2.62. The van der Waals surface area contributed by atoms with Crippen LogP contribution < -0.4 is 10.6 Å². The zero-order chi connectivity index (χ0) is 18.8. The molecule has 0 atom stereocenters. The summed E-state index contributed by atoms with van der Waals surface area (Å²) in [5, 5.41) is 17.2. The molecule has 0 spiro atoms. The molecule has 2 N–H and O–H groups in total. The van der Waals surface area contributed by atoms with E-state index in [1.54, 1.807) is 6.07 Å². The molecule has 4 rings (SSSR count). The first-order chi connectivity index (χ1) is 13.1. The van der Waals surface area contributed by atoms with Crippen molar-refractivity contribution in [3.8, 4) is 11.3 Å². The van der Waals surface area contributed by atoms with Crippen molar-refractivity contribution >= 4 is 23.1 Å². The van der Waals surface area contributed by atoms with Crippen LogP contribution in [0.4, 0.5) is 27.5 Å². The summed E-state index contributed by atoms with van der Waals surface area (Å²) in [6, 6.07) is 15.4. The zero-order valence-electron chi connectivity index (χ0n) is 14.2. The van der Waals surface area contributed by atoms with Crippen molar-refractivity contribution in [2.75, 3.05) is 10.6 Å². The van der Waals surface area contributed by atoms with Crippen molar-refractivity contribution in [1.29, 1.82) is 0 Å². The number of hydrogen-bond acceptors (Lipinski definition) is 6. The third-order valence-electron chi connectivity index (χ3n) is 4.12. The Morgan fingerprint density at radius 2 is 1.85 bits per heavy atom. The van der Waals surface area contributed by atoms with Gasteiger partial charge in [-0.1, -0.05) is 30.3 Å². The van der Waals surface area contributed by atoms with Crippen molar-refractivity contribution in [2.24, 2.45) is 0 Å². The molecule has 0 aliphatic heterocycles. The number of nitro benzene ring substituents is 1. The van der Waals surface area contributed by atoms with Crippen molar-refractivity contribution in [1.82, 2.24) is 9.97 Å². The molecule has 1 aliphatic rings. The fraction of sp³-hybridized carbons (Fsp3) is 0.158. The van der Waals surface area contributed by atoms with E-state index in [1.165, 1.54) is 6.07 Å². The van der Waals surface area contributed by atoms with E-state index in [0.29, 0.717) is 29.2 Å². The topological polar surface area (TPSA) is 93.0 Å². The molecule has 0 saturated heterocycles. The van der Waals surface area contributed by atoms with Crippen LogP contribution in [0.25, 0.3) is 11.3 Å². The zero-order valence-corrected chi connectivity index (χ0v) is 14.2. The average Bonchev–Trinajstić information content (AvgIpc) is 3.47. The highest BCUT2D eigenvalue weighted by atomic mass is 19.1. The molecule has 0 unspecified atom stereocenters. The van der Waals surface area contributed by atoms with Gasteiger partial charge in [0.2, 0.25) is 11.8 Å². The summed E-state index contributed by atoms with van der Waals surface area (Å²) in [6.45, 7) is 0. The maximum absolute atomic E-state index is 13.6. The van der Waals surface area contributed by atoms with Crippen LogP contribution in [0.15, 0.2) is 54.6 Å². The Bertz CT molecular complexity index is 993. The van der Waals surface area contributed by atoms with Crippen LogP contribution in [0.3, 0.4) is 0 Å². The Kier molecular flexibility index (Phi) is 4.37. The predicted molar refractivity (Wildman–Crippen MR) is 100 cm³/mol. The number of hydrogen-bond donors (Lipinski definition) is 2. The van der Waals surface area contributed by atoms with Gasteiger partial charge in [-0.15, -0.1) is 0 Å². The quantitative estimate of drug-likeness (QED) is 0.493. The standard InChI is InChI=1S/C19H16FN5O2/c20-15-9-8-14(10-17(15)25(26)27)21-18-11-16(12-4-2-1-3-5-12)23-19(24-18)22-13-6-7-13/h1-5,8-11,13H,6-7H2,(H2,21,22,23,24). The van der Waals surface area contributed by atoms with E-state index in [2.05, 4.69) is 20.6 Å². The van der Waals surface area contributed by atoms with Gasteiger partial charge >= 0.3 is 5.69 Å². The predicted octanol–water partition coefficient (Wildman–Crippen LogP) is 4.51. The molecule has 0 bridgehead atoms. The number of benzene rings is 2. The maximum atomic E-state index is 13.6. The highest BCUT2D eigenvalue weighted by Crippen LogP contribution is 2.28. The van der Waals surface area contributed by atoms with Crippen LogP contribution in [0.2, 0.25) is 0 Å². The Hall–Kier alpha value is -3.55. The van der Waals surface area contributed by atoms with Crippen LogP contribution in [0.1, 0.15) is 12.8 Å². The number of nitro groups is 1. The molecule has 136 valence electrons. The van der Waals surface area contributed by atoms with Crippen LogP contribution in [0.5, 0.6) is 0 Å². The Morgan fingerprint density at radius 3 is 2.56 bits per heavy atom. The minimum atomic E-state index is -0.880. The Balaban J connectivity index is 1.69. The van der Waals surface area contributed by atoms with Crippen molar-refractivity contribution in [3.63, 3.8) is 0 Å². The first-order valence-electron chi connectivity index (χ1n) is 8.50. The van der Waals surface area contributed by atoms with Crippen LogP contribution >= 0.6 is 0 Å². The van der Waals surface area contributed by atoms with Gasteiger partial charge in [0.1, 0.15) is 5.82 Å². The van der Waals surface area contributed by atoms with Gasteiger partial charge in [-0.25, -0.2) is 4.98 Å². The minimum Gasteiger partial charge on any atom is -0.351 e. The normalized spacial score (nSPS) is 13.2. The number of anilines is 3. The van der Waals surface area contributed by atoms with Crippen molar-refractivity contribution < 1.29 is 9.31 Å². The maximum Gasteiger partial charge on any atom is 0.306 e. The summed E-state index contributed by atoms with van der Waals surface area (Å²) in [6.07, 6.45) is 2.15. The molecule has 1 aliphatic carbocycles. The van der Waals surface area contributed by atoms with E-state index in [0.717, 1.165) is 30.5 Å². The number of nitrogens with one attached hydrogen (secondary N) is 2. The van der Waals surface area contributed by atoms with E-state index >= 15 is 0 Å². The molecule has 1 aromatic heterocycles. The van der Waals surface area contributed by atoms with E-state index in [4.69, 9.17) is 0 Å². The number of halogens is 1. The second-order valence-electron chi connectivity index (χ2n) is 6.29. The second-order valence-corrected chi connectivity index (χ2v) is 6.29. The van der Waals surface area contributed by atoms with E-state index < -0.39 is 16.4 Å². The Morgan fingerprint density at radius 1 is 1.07 bits per heavy atom.